The van der Waals surface area contributed by atoms with E-state index < -0.39 is 5.97 Å². The van der Waals surface area contributed by atoms with Gasteiger partial charge in [0.1, 0.15) is 17.9 Å². The molecule has 0 saturated heterocycles. The average molecular weight is 355 g/mol. The number of nitrogens with one attached hydrogen (secondary N) is 1. The molecule has 1 N–H and O–H groups in total. The average Bonchev–Trinajstić information content (AvgIpc) is 2.65. The van der Waals surface area contributed by atoms with E-state index in [9.17, 15) is 9.59 Å². The molecule has 0 fully saturated rings. The summed E-state index contributed by atoms with van der Waals surface area (Å²) in [6.07, 6.45) is 1.10. The molecule has 0 atom stereocenters. The lowest BCUT2D eigenvalue weighted by molar-refractivity contribution is -0.121. The fourth-order valence-corrected chi connectivity index (χ4v) is 2.43. The highest BCUT2D eigenvalue weighted by Gasteiger charge is 2.13. The van der Waals surface area contributed by atoms with Crippen molar-refractivity contribution in [1.82, 2.24) is 5.32 Å². The highest BCUT2D eigenvalue weighted by molar-refractivity contribution is 5.92. The maximum atomic E-state index is 12.1. The number of amides is 1. The van der Waals surface area contributed by atoms with Crippen LogP contribution in [0.1, 0.15) is 34.8 Å². The molecule has 5 heteroatoms. The van der Waals surface area contributed by atoms with E-state index in [1.54, 1.807) is 24.3 Å². The van der Waals surface area contributed by atoms with Crippen LogP contribution in [0, 0.1) is 6.92 Å². The van der Waals surface area contributed by atoms with Crippen LogP contribution in [0.2, 0.25) is 0 Å². The maximum absolute atomic E-state index is 12.1. The Labute approximate surface area is 154 Å². The molecule has 5 nitrogen and oxygen atoms in total. The molecule has 2 aromatic carbocycles. The van der Waals surface area contributed by atoms with Crippen molar-refractivity contribution in [2.75, 3.05) is 19.8 Å². The molecule has 0 spiro atoms. The second-order valence-corrected chi connectivity index (χ2v) is 5.90. The highest BCUT2D eigenvalue weighted by atomic mass is 16.5. The fourth-order valence-electron chi connectivity index (χ4n) is 2.43. The maximum Gasteiger partial charge on any atom is 0.341 e. The first-order chi connectivity index (χ1) is 12.6. The zero-order valence-electron chi connectivity index (χ0n) is 15.3. The Morgan fingerprint density at radius 1 is 1.04 bits per heavy atom. The number of para-hydroxylation sites is 1. The molecule has 0 aliphatic carbocycles. The second kappa shape index (κ2) is 10.2. The van der Waals surface area contributed by atoms with Crippen molar-refractivity contribution in [3.8, 4) is 5.75 Å². The van der Waals surface area contributed by atoms with Gasteiger partial charge in [0, 0.05) is 6.42 Å². The number of aryl methyl sites for hydroxylation is 2. The van der Waals surface area contributed by atoms with Crippen molar-refractivity contribution in [2.24, 2.45) is 0 Å². The SMILES string of the molecule is CCOc1ccccc1C(=O)OCCNC(=O)CCc1ccc(C)cc1. The van der Waals surface area contributed by atoms with Crippen LogP contribution in [-0.4, -0.2) is 31.6 Å². The summed E-state index contributed by atoms with van der Waals surface area (Å²) in [5, 5.41) is 2.76. The first-order valence-corrected chi connectivity index (χ1v) is 8.81. The predicted molar refractivity (Wildman–Crippen MR) is 100 cm³/mol. The van der Waals surface area contributed by atoms with Gasteiger partial charge in [-0.1, -0.05) is 42.0 Å². The van der Waals surface area contributed by atoms with E-state index in [4.69, 9.17) is 9.47 Å². The van der Waals surface area contributed by atoms with Gasteiger partial charge in [-0.2, -0.15) is 0 Å². The normalized spacial score (nSPS) is 10.2. The molecule has 0 heterocycles. The predicted octanol–water partition coefficient (Wildman–Crippen LogP) is 3.30. The number of carbonyl (C=O) groups is 2. The van der Waals surface area contributed by atoms with Crippen molar-refractivity contribution in [1.29, 1.82) is 0 Å². The Bertz CT molecular complexity index is 725. The van der Waals surface area contributed by atoms with Gasteiger partial charge in [0.15, 0.2) is 0 Å². The summed E-state index contributed by atoms with van der Waals surface area (Å²) in [6, 6.07) is 15.1. The van der Waals surface area contributed by atoms with E-state index in [-0.39, 0.29) is 19.1 Å². The van der Waals surface area contributed by atoms with Crippen LogP contribution in [0.25, 0.3) is 0 Å². The molecule has 138 valence electrons. The minimum Gasteiger partial charge on any atom is -0.493 e. The Kier molecular flexibility index (Phi) is 7.68. The van der Waals surface area contributed by atoms with E-state index in [2.05, 4.69) is 5.32 Å². The molecule has 0 aliphatic heterocycles. The molecule has 0 aliphatic rings. The number of hydrogen-bond donors (Lipinski definition) is 1. The minimum atomic E-state index is -0.456. The molecular weight excluding hydrogens is 330 g/mol. The number of rotatable bonds is 9. The van der Waals surface area contributed by atoms with E-state index in [0.29, 0.717) is 30.8 Å². The van der Waals surface area contributed by atoms with Crippen LogP contribution in [0.15, 0.2) is 48.5 Å². The van der Waals surface area contributed by atoms with Crippen molar-refractivity contribution in [3.63, 3.8) is 0 Å². The summed E-state index contributed by atoms with van der Waals surface area (Å²) in [7, 11) is 0. The molecule has 0 bridgehead atoms. The Morgan fingerprint density at radius 3 is 2.50 bits per heavy atom. The fraction of sp³-hybridized carbons (Fsp3) is 0.333. The van der Waals surface area contributed by atoms with Gasteiger partial charge in [0.25, 0.3) is 0 Å². The van der Waals surface area contributed by atoms with Crippen LogP contribution < -0.4 is 10.1 Å². The number of esters is 1. The molecule has 0 saturated carbocycles. The zero-order chi connectivity index (χ0) is 18.8. The van der Waals surface area contributed by atoms with Gasteiger partial charge in [-0.05, 0) is 38.0 Å². The number of hydrogen-bond acceptors (Lipinski definition) is 4. The Balaban J connectivity index is 1.68. The van der Waals surface area contributed by atoms with Gasteiger partial charge in [0.2, 0.25) is 5.91 Å². The highest BCUT2D eigenvalue weighted by Crippen LogP contribution is 2.18. The van der Waals surface area contributed by atoms with Gasteiger partial charge >= 0.3 is 5.97 Å². The van der Waals surface area contributed by atoms with Crippen molar-refractivity contribution < 1.29 is 19.1 Å². The summed E-state index contributed by atoms with van der Waals surface area (Å²) in [5.74, 6) is -0.0126. The molecule has 0 unspecified atom stereocenters. The topological polar surface area (TPSA) is 64.6 Å². The van der Waals surface area contributed by atoms with Crippen molar-refractivity contribution in [2.45, 2.75) is 26.7 Å². The molecule has 26 heavy (non-hydrogen) atoms. The lowest BCUT2D eigenvalue weighted by atomic mass is 10.1. The first kappa shape index (κ1) is 19.5. The third-order valence-electron chi connectivity index (χ3n) is 3.83. The molecular formula is C21H25NO4. The van der Waals surface area contributed by atoms with Crippen LogP contribution in [0.5, 0.6) is 5.75 Å². The number of carbonyl (C=O) groups excluding carboxylic acids is 2. The van der Waals surface area contributed by atoms with Crippen LogP contribution in [-0.2, 0) is 16.0 Å². The van der Waals surface area contributed by atoms with Gasteiger partial charge < -0.3 is 14.8 Å². The molecule has 0 aromatic heterocycles. The molecule has 2 rings (SSSR count). The van der Waals surface area contributed by atoms with Gasteiger partial charge in [-0.3, -0.25) is 4.79 Å². The van der Waals surface area contributed by atoms with Gasteiger partial charge in [-0.25, -0.2) is 4.79 Å². The number of ether oxygens (including phenoxy) is 2. The van der Waals surface area contributed by atoms with Crippen LogP contribution in [0.3, 0.4) is 0 Å². The molecule has 2 aromatic rings. The second-order valence-electron chi connectivity index (χ2n) is 5.90. The summed E-state index contributed by atoms with van der Waals surface area (Å²) in [5.41, 5.74) is 2.72. The minimum absolute atomic E-state index is 0.0589. The smallest absolute Gasteiger partial charge is 0.341 e. The summed E-state index contributed by atoms with van der Waals surface area (Å²) in [4.78, 5) is 24.0. The monoisotopic (exact) mass is 355 g/mol. The largest absolute Gasteiger partial charge is 0.493 e. The third-order valence-corrected chi connectivity index (χ3v) is 3.83. The van der Waals surface area contributed by atoms with Gasteiger partial charge in [-0.15, -0.1) is 0 Å². The number of benzene rings is 2. The summed E-state index contributed by atoms with van der Waals surface area (Å²) >= 11 is 0. The lowest BCUT2D eigenvalue weighted by Gasteiger charge is -2.10. The van der Waals surface area contributed by atoms with E-state index in [1.165, 1.54) is 5.56 Å². The van der Waals surface area contributed by atoms with Crippen LogP contribution in [0.4, 0.5) is 0 Å². The quantitative estimate of drug-likeness (QED) is 0.554. The zero-order valence-corrected chi connectivity index (χ0v) is 15.3. The molecule has 0 radical (unpaired) electrons. The van der Waals surface area contributed by atoms with Gasteiger partial charge in [0.05, 0.1) is 13.2 Å². The molecule has 1 amide bonds. The van der Waals surface area contributed by atoms with Crippen LogP contribution >= 0.6 is 0 Å². The van der Waals surface area contributed by atoms with Crippen molar-refractivity contribution in [3.05, 3.63) is 65.2 Å². The standard InChI is InChI=1S/C21H25NO4/c1-3-25-19-7-5-4-6-18(19)21(24)26-15-14-22-20(23)13-12-17-10-8-16(2)9-11-17/h4-11H,3,12-15H2,1-2H3,(H,22,23). The lowest BCUT2D eigenvalue weighted by Crippen LogP contribution is -2.28. The Hall–Kier alpha value is -2.82. The summed E-state index contributed by atoms with van der Waals surface area (Å²) in [6.45, 7) is 4.77. The van der Waals surface area contributed by atoms with E-state index in [0.717, 1.165) is 5.56 Å². The Morgan fingerprint density at radius 2 is 1.77 bits per heavy atom. The van der Waals surface area contributed by atoms with Crippen molar-refractivity contribution >= 4 is 11.9 Å². The van der Waals surface area contributed by atoms with E-state index in [1.807, 2.05) is 38.1 Å². The van der Waals surface area contributed by atoms with E-state index >= 15 is 0 Å². The summed E-state index contributed by atoms with van der Waals surface area (Å²) < 4.78 is 10.6. The first-order valence-electron chi connectivity index (χ1n) is 8.81. The third kappa shape index (κ3) is 6.24.